The van der Waals surface area contributed by atoms with E-state index in [4.69, 9.17) is 0 Å². The van der Waals surface area contributed by atoms with Gasteiger partial charge in [0.05, 0.1) is 12.9 Å². The first-order valence-electron chi connectivity index (χ1n) is 3.87. The number of aryl methyl sites for hydroxylation is 1. The number of hydrogen-bond acceptors (Lipinski definition) is 3. The van der Waals surface area contributed by atoms with Crippen molar-refractivity contribution in [3.05, 3.63) is 25.9 Å². The number of aromatic nitrogens is 5. The normalized spacial score (nSPS) is 10.8. The third-order valence-corrected chi connectivity index (χ3v) is 4.80. The highest BCUT2D eigenvalue weighted by molar-refractivity contribution is 14.1. The van der Waals surface area contributed by atoms with E-state index in [1.54, 1.807) is 11.0 Å². The van der Waals surface area contributed by atoms with Crippen molar-refractivity contribution >= 4 is 45.2 Å². The van der Waals surface area contributed by atoms with Gasteiger partial charge in [-0.3, -0.25) is 4.68 Å². The molecule has 14 heavy (non-hydrogen) atoms. The van der Waals surface area contributed by atoms with Gasteiger partial charge in [-0.1, -0.05) is 0 Å². The third kappa shape index (κ3) is 1.92. The maximum atomic E-state index is 4.21. The lowest BCUT2D eigenvalue weighted by Crippen LogP contribution is -2.07. The van der Waals surface area contributed by atoms with E-state index < -0.39 is 0 Å². The molecule has 0 fully saturated rings. The van der Waals surface area contributed by atoms with E-state index in [2.05, 4.69) is 60.2 Å². The van der Waals surface area contributed by atoms with Gasteiger partial charge in [0.1, 0.15) is 19.6 Å². The van der Waals surface area contributed by atoms with Gasteiger partial charge in [-0.15, -0.1) is 0 Å². The maximum Gasteiger partial charge on any atom is 0.146 e. The SMILES string of the molecule is Cn1ncnc1Cn1cnc(I)c1I. The summed E-state index contributed by atoms with van der Waals surface area (Å²) in [6.45, 7) is 0.713. The zero-order valence-corrected chi connectivity index (χ0v) is 11.7. The van der Waals surface area contributed by atoms with Crippen LogP contribution in [0.4, 0.5) is 0 Å². The molecule has 0 N–H and O–H groups in total. The van der Waals surface area contributed by atoms with E-state index in [1.165, 1.54) is 0 Å². The van der Waals surface area contributed by atoms with Crippen LogP contribution in [-0.2, 0) is 13.6 Å². The van der Waals surface area contributed by atoms with E-state index in [-0.39, 0.29) is 0 Å². The number of halogens is 2. The number of hydrogen-bond donors (Lipinski definition) is 0. The Morgan fingerprint density at radius 1 is 1.36 bits per heavy atom. The minimum atomic E-state index is 0.713. The number of imidazole rings is 1. The second-order valence-corrected chi connectivity index (χ2v) is 4.80. The van der Waals surface area contributed by atoms with E-state index in [9.17, 15) is 0 Å². The summed E-state index contributed by atoms with van der Waals surface area (Å²) in [5.41, 5.74) is 0. The van der Waals surface area contributed by atoms with Crippen molar-refractivity contribution in [1.82, 2.24) is 24.3 Å². The minimum absolute atomic E-state index is 0.713. The van der Waals surface area contributed by atoms with Crippen LogP contribution in [-0.4, -0.2) is 24.3 Å². The van der Waals surface area contributed by atoms with Gasteiger partial charge < -0.3 is 4.57 Å². The molecule has 0 aliphatic heterocycles. The lowest BCUT2D eigenvalue weighted by atomic mass is 10.6. The first kappa shape index (κ1) is 10.3. The van der Waals surface area contributed by atoms with Gasteiger partial charge in [0, 0.05) is 7.05 Å². The van der Waals surface area contributed by atoms with Crippen molar-refractivity contribution < 1.29 is 0 Å². The minimum Gasteiger partial charge on any atom is -0.317 e. The fourth-order valence-electron chi connectivity index (χ4n) is 1.07. The Labute approximate surface area is 108 Å². The Morgan fingerprint density at radius 2 is 2.14 bits per heavy atom. The fraction of sp³-hybridized carbons (Fsp3) is 0.286. The molecule has 2 aromatic rings. The van der Waals surface area contributed by atoms with Crippen LogP contribution in [0.2, 0.25) is 0 Å². The zero-order valence-electron chi connectivity index (χ0n) is 7.35. The molecule has 0 spiro atoms. The van der Waals surface area contributed by atoms with Crippen molar-refractivity contribution in [2.45, 2.75) is 6.54 Å². The average molecular weight is 415 g/mol. The second-order valence-electron chi connectivity index (χ2n) is 2.75. The Bertz CT molecular complexity index is 447. The highest BCUT2D eigenvalue weighted by Gasteiger charge is 2.07. The molecule has 74 valence electrons. The van der Waals surface area contributed by atoms with E-state index >= 15 is 0 Å². The van der Waals surface area contributed by atoms with E-state index in [1.807, 2.05) is 17.9 Å². The second kappa shape index (κ2) is 4.13. The van der Waals surface area contributed by atoms with Crippen LogP contribution in [0.25, 0.3) is 0 Å². The predicted molar refractivity (Wildman–Crippen MR) is 67.8 cm³/mol. The smallest absolute Gasteiger partial charge is 0.146 e. The van der Waals surface area contributed by atoms with Crippen LogP contribution in [0.15, 0.2) is 12.7 Å². The lowest BCUT2D eigenvalue weighted by molar-refractivity contribution is 0.646. The molecule has 0 bridgehead atoms. The molecule has 7 heteroatoms. The zero-order chi connectivity index (χ0) is 10.1. The van der Waals surface area contributed by atoms with Crippen molar-refractivity contribution in [1.29, 1.82) is 0 Å². The highest BCUT2D eigenvalue weighted by atomic mass is 127. The van der Waals surface area contributed by atoms with Crippen LogP contribution in [0.1, 0.15) is 5.82 Å². The third-order valence-electron chi connectivity index (χ3n) is 1.85. The van der Waals surface area contributed by atoms with Crippen LogP contribution in [0, 0.1) is 7.40 Å². The molecule has 2 heterocycles. The summed E-state index contributed by atoms with van der Waals surface area (Å²) >= 11 is 4.49. The summed E-state index contributed by atoms with van der Waals surface area (Å²) in [5.74, 6) is 0.928. The highest BCUT2D eigenvalue weighted by Crippen LogP contribution is 2.13. The summed E-state index contributed by atoms with van der Waals surface area (Å²) in [6, 6.07) is 0. The first-order valence-corrected chi connectivity index (χ1v) is 6.03. The van der Waals surface area contributed by atoms with Gasteiger partial charge in [0.25, 0.3) is 0 Å². The quantitative estimate of drug-likeness (QED) is 0.695. The lowest BCUT2D eigenvalue weighted by Gasteiger charge is -2.02. The average Bonchev–Trinajstić information content (AvgIpc) is 2.68. The molecule has 0 atom stereocenters. The molecule has 0 amide bonds. The van der Waals surface area contributed by atoms with Crippen LogP contribution < -0.4 is 0 Å². The molecule has 0 aliphatic rings. The Balaban J connectivity index is 2.27. The predicted octanol–water partition coefficient (Wildman–Crippen LogP) is 1.27. The Hall–Kier alpha value is -0.190. The molecular weight excluding hydrogens is 408 g/mol. The molecule has 5 nitrogen and oxygen atoms in total. The van der Waals surface area contributed by atoms with Crippen molar-refractivity contribution in [2.24, 2.45) is 7.05 Å². The molecule has 2 aromatic heterocycles. The van der Waals surface area contributed by atoms with Crippen LogP contribution in [0.5, 0.6) is 0 Å². The van der Waals surface area contributed by atoms with Crippen molar-refractivity contribution in [3.63, 3.8) is 0 Å². The summed E-state index contributed by atoms with van der Waals surface area (Å²) < 4.78 is 5.96. The Morgan fingerprint density at radius 3 is 2.64 bits per heavy atom. The molecule has 0 unspecified atom stereocenters. The maximum absolute atomic E-state index is 4.21. The number of nitrogens with zero attached hydrogens (tertiary/aromatic N) is 5. The largest absolute Gasteiger partial charge is 0.317 e. The molecule has 0 aromatic carbocycles. The molecular formula is C7H7I2N5. The molecule has 0 aliphatic carbocycles. The fourth-order valence-corrected chi connectivity index (χ4v) is 1.94. The van der Waals surface area contributed by atoms with Crippen molar-refractivity contribution in [3.8, 4) is 0 Å². The standard InChI is InChI=1S/C7H7I2N5/c1-13-5(10-3-12-13)2-14-4-11-6(8)7(14)9/h3-4H,2H2,1H3. The number of rotatable bonds is 2. The monoisotopic (exact) mass is 415 g/mol. The van der Waals surface area contributed by atoms with Gasteiger partial charge in [-0.05, 0) is 45.2 Å². The topological polar surface area (TPSA) is 48.5 Å². The van der Waals surface area contributed by atoms with Crippen LogP contribution in [0.3, 0.4) is 0 Å². The van der Waals surface area contributed by atoms with E-state index in [0.717, 1.165) is 13.2 Å². The Kier molecular flexibility index (Phi) is 3.04. The summed E-state index contributed by atoms with van der Waals surface area (Å²) in [6.07, 6.45) is 3.38. The molecule has 0 saturated carbocycles. The van der Waals surface area contributed by atoms with E-state index in [0.29, 0.717) is 6.54 Å². The summed E-state index contributed by atoms with van der Waals surface area (Å²) in [4.78, 5) is 8.37. The van der Waals surface area contributed by atoms with Gasteiger partial charge in [0.2, 0.25) is 0 Å². The first-order chi connectivity index (χ1) is 6.68. The molecule has 0 saturated heterocycles. The van der Waals surface area contributed by atoms with Gasteiger partial charge in [-0.25, -0.2) is 9.97 Å². The molecule has 0 radical (unpaired) electrons. The summed E-state index contributed by atoms with van der Waals surface area (Å²) in [5, 5.41) is 4.02. The van der Waals surface area contributed by atoms with Gasteiger partial charge >= 0.3 is 0 Å². The van der Waals surface area contributed by atoms with Crippen LogP contribution >= 0.6 is 45.2 Å². The summed E-state index contributed by atoms with van der Waals surface area (Å²) in [7, 11) is 1.89. The van der Waals surface area contributed by atoms with Crippen molar-refractivity contribution in [2.75, 3.05) is 0 Å². The van der Waals surface area contributed by atoms with Gasteiger partial charge in [0.15, 0.2) is 0 Å². The molecule has 2 rings (SSSR count). The van der Waals surface area contributed by atoms with Gasteiger partial charge in [-0.2, -0.15) is 5.10 Å².